The molecule has 0 radical (unpaired) electrons. The first-order valence-corrected chi connectivity index (χ1v) is 7.02. The second kappa shape index (κ2) is 6.68. The smallest absolute Gasteiger partial charge is 0.305 e. The maximum atomic E-state index is 12.1. The molecule has 0 aliphatic rings. The van der Waals surface area contributed by atoms with Gasteiger partial charge >= 0.3 is 5.97 Å². The first-order chi connectivity index (χ1) is 9.99. The van der Waals surface area contributed by atoms with E-state index >= 15 is 0 Å². The van der Waals surface area contributed by atoms with Crippen molar-refractivity contribution in [3.05, 3.63) is 39.7 Å². The number of carboxylic acid groups (broad SMARTS) is 1. The van der Waals surface area contributed by atoms with Crippen molar-refractivity contribution >= 4 is 39.4 Å². The van der Waals surface area contributed by atoms with Crippen LogP contribution >= 0.6 is 27.5 Å². The standard InChI is InChI=1S/C12H10BrClN4O3/c13-9-6-8(12(21)16-5-3-10(19)20)18(17-9)11-7(14)2-1-4-15-11/h1-2,4,6H,3,5H2,(H,16,21)(H,19,20). The number of pyridine rings is 1. The molecule has 0 bridgehead atoms. The normalized spacial score (nSPS) is 10.4. The number of hydrogen-bond acceptors (Lipinski definition) is 4. The minimum Gasteiger partial charge on any atom is -0.481 e. The molecular formula is C12H10BrClN4O3. The summed E-state index contributed by atoms with van der Waals surface area (Å²) < 4.78 is 1.73. The van der Waals surface area contributed by atoms with Crippen molar-refractivity contribution in [2.24, 2.45) is 0 Å². The summed E-state index contributed by atoms with van der Waals surface area (Å²) in [5, 5.41) is 15.5. The zero-order valence-electron chi connectivity index (χ0n) is 10.6. The third kappa shape index (κ3) is 3.79. The first kappa shape index (κ1) is 15.5. The molecule has 2 rings (SSSR count). The average Bonchev–Trinajstić information content (AvgIpc) is 2.80. The van der Waals surface area contributed by atoms with Gasteiger partial charge in [0, 0.05) is 18.8 Å². The molecule has 0 fully saturated rings. The summed E-state index contributed by atoms with van der Waals surface area (Å²) >= 11 is 9.23. The lowest BCUT2D eigenvalue weighted by atomic mass is 10.3. The molecule has 0 spiro atoms. The third-order valence-corrected chi connectivity index (χ3v) is 3.16. The van der Waals surface area contributed by atoms with Crippen molar-refractivity contribution in [3.63, 3.8) is 0 Å². The summed E-state index contributed by atoms with van der Waals surface area (Å²) in [5.74, 6) is -1.14. The number of carbonyl (C=O) groups is 2. The third-order valence-electron chi connectivity index (χ3n) is 2.48. The van der Waals surface area contributed by atoms with Gasteiger partial charge in [-0.1, -0.05) is 11.6 Å². The minimum absolute atomic E-state index is 0.0208. The van der Waals surface area contributed by atoms with Gasteiger partial charge in [-0.15, -0.1) is 0 Å². The Labute approximate surface area is 133 Å². The van der Waals surface area contributed by atoms with Crippen LogP contribution in [0.1, 0.15) is 16.9 Å². The van der Waals surface area contributed by atoms with E-state index in [1.54, 1.807) is 12.1 Å². The van der Waals surface area contributed by atoms with E-state index in [0.29, 0.717) is 15.4 Å². The molecule has 0 aromatic carbocycles. The molecular weight excluding hydrogens is 364 g/mol. The summed E-state index contributed by atoms with van der Waals surface area (Å²) in [7, 11) is 0. The van der Waals surface area contributed by atoms with Crippen molar-refractivity contribution < 1.29 is 14.7 Å². The van der Waals surface area contributed by atoms with Gasteiger partial charge in [-0.2, -0.15) is 5.10 Å². The maximum absolute atomic E-state index is 12.1. The number of nitrogens with zero attached hydrogens (tertiary/aromatic N) is 3. The molecule has 2 N–H and O–H groups in total. The van der Waals surface area contributed by atoms with Crippen molar-refractivity contribution in [2.75, 3.05) is 6.54 Å². The van der Waals surface area contributed by atoms with Gasteiger partial charge < -0.3 is 10.4 Å². The number of aliphatic carboxylic acids is 1. The van der Waals surface area contributed by atoms with Crippen LogP contribution in [-0.4, -0.2) is 38.3 Å². The van der Waals surface area contributed by atoms with E-state index in [0.717, 1.165) is 0 Å². The molecule has 0 aliphatic carbocycles. The Morgan fingerprint density at radius 2 is 2.24 bits per heavy atom. The monoisotopic (exact) mass is 372 g/mol. The Kier molecular flexibility index (Phi) is 4.92. The Morgan fingerprint density at radius 3 is 2.90 bits per heavy atom. The molecule has 0 unspecified atom stereocenters. The number of carbonyl (C=O) groups excluding carboxylic acids is 1. The van der Waals surface area contributed by atoms with Crippen LogP contribution in [0.2, 0.25) is 5.02 Å². The molecule has 2 aromatic heterocycles. The molecule has 0 saturated heterocycles. The van der Waals surface area contributed by atoms with Gasteiger partial charge in [-0.05, 0) is 28.1 Å². The summed E-state index contributed by atoms with van der Waals surface area (Å²) in [6.45, 7) is 0.0208. The van der Waals surface area contributed by atoms with Crippen LogP contribution in [0.3, 0.4) is 0 Å². The van der Waals surface area contributed by atoms with E-state index in [9.17, 15) is 9.59 Å². The molecule has 21 heavy (non-hydrogen) atoms. The van der Waals surface area contributed by atoms with E-state index < -0.39 is 11.9 Å². The molecule has 9 heteroatoms. The lowest BCUT2D eigenvalue weighted by Gasteiger charge is -2.08. The molecule has 2 aromatic rings. The van der Waals surface area contributed by atoms with Crippen LogP contribution in [-0.2, 0) is 4.79 Å². The van der Waals surface area contributed by atoms with Gasteiger partial charge in [-0.3, -0.25) is 9.59 Å². The Morgan fingerprint density at radius 1 is 1.48 bits per heavy atom. The summed E-state index contributed by atoms with van der Waals surface area (Å²) in [4.78, 5) is 26.6. The number of nitrogens with one attached hydrogen (secondary N) is 1. The van der Waals surface area contributed by atoms with Crippen LogP contribution in [0.4, 0.5) is 0 Å². The topological polar surface area (TPSA) is 97.1 Å². The van der Waals surface area contributed by atoms with E-state index in [1.807, 2.05) is 0 Å². The lowest BCUT2D eigenvalue weighted by Crippen LogP contribution is -2.28. The van der Waals surface area contributed by atoms with Gasteiger partial charge in [0.25, 0.3) is 5.91 Å². The summed E-state index contributed by atoms with van der Waals surface area (Å²) in [5.41, 5.74) is 0.202. The van der Waals surface area contributed by atoms with Gasteiger partial charge in [0.1, 0.15) is 10.3 Å². The lowest BCUT2D eigenvalue weighted by molar-refractivity contribution is -0.136. The fourth-order valence-electron chi connectivity index (χ4n) is 1.58. The van der Waals surface area contributed by atoms with E-state index in [-0.39, 0.29) is 18.7 Å². The maximum Gasteiger partial charge on any atom is 0.305 e. The zero-order valence-corrected chi connectivity index (χ0v) is 12.9. The second-order valence-corrected chi connectivity index (χ2v) is 5.19. The predicted molar refractivity (Wildman–Crippen MR) is 78.7 cm³/mol. The Bertz CT molecular complexity index is 689. The molecule has 7 nitrogen and oxygen atoms in total. The molecule has 0 atom stereocenters. The average molecular weight is 374 g/mol. The van der Waals surface area contributed by atoms with Crippen LogP contribution in [0.25, 0.3) is 5.82 Å². The van der Waals surface area contributed by atoms with Gasteiger partial charge in [0.05, 0.1) is 11.4 Å². The molecule has 0 aliphatic heterocycles. The predicted octanol–water partition coefficient (Wildman–Crippen LogP) is 1.89. The molecule has 1 amide bonds. The number of carboxylic acids is 1. The van der Waals surface area contributed by atoms with E-state index in [1.165, 1.54) is 16.9 Å². The largest absolute Gasteiger partial charge is 0.481 e. The molecule has 110 valence electrons. The number of rotatable bonds is 5. The minimum atomic E-state index is -0.988. The highest BCUT2D eigenvalue weighted by atomic mass is 79.9. The quantitative estimate of drug-likeness (QED) is 0.834. The highest BCUT2D eigenvalue weighted by Crippen LogP contribution is 2.21. The first-order valence-electron chi connectivity index (χ1n) is 5.85. The van der Waals surface area contributed by atoms with Crippen LogP contribution in [0.15, 0.2) is 29.0 Å². The number of amides is 1. The molecule has 0 saturated carbocycles. The van der Waals surface area contributed by atoms with Crippen molar-refractivity contribution in [1.82, 2.24) is 20.1 Å². The van der Waals surface area contributed by atoms with E-state index in [4.69, 9.17) is 16.7 Å². The number of aromatic nitrogens is 3. The van der Waals surface area contributed by atoms with Gasteiger partial charge in [0.15, 0.2) is 5.82 Å². The van der Waals surface area contributed by atoms with Gasteiger partial charge in [-0.25, -0.2) is 9.67 Å². The summed E-state index contributed by atoms with van der Waals surface area (Å²) in [6, 6.07) is 4.80. The number of hydrogen-bond donors (Lipinski definition) is 2. The second-order valence-electron chi connectivity index (χ2n) is 3.97. The Balaban J connectivity index is 2.27. The van der Waals surface area contributed by atoms with Crippen LogP contribution < -0.4 is 5.32 Å². The van der Waals surface area contributed by atoms with Crippen molar-refractivity contribution in [3.8, 4) is 5.82 Å². The van der Waals surface area contributed by atoms with Crippen LogP contribution in [0, 0.1) is 0 Å². The highest BCUT2D eigenvalue weighted by Gasteiger charge is 2.18. The fraction of sp³-hybridized carbons (Fsp3) is 0.167. The van der Waals surface area contributed by atoms with E-state index in [2.05, 4.69) is 31.3 Å². The van der Waals surface area contributed by atoms with Crippen molar-refractivity contribution in [2.45, 2.75) is 6.42 Å². The molecule has 2 heterocycles. The SMILES string of the molecule is O=C(O)CCNC(=O)c1cc(Br)nn1-c1ncccc1Cl. The summed E-state index contributed by atoms with van der Waals surface area (Å²) in [6.07, 6.45) is 1.37. The Hall–Kier alpha value is -1.93. The fourth-order valence-corrected chi connectivity index (χ4v) is 2.16. The van der Waals surface area contributed by atoms with Crippen LogP contribution in [0.5, 0.6) is 0 Å². The zero-order chi connectivity index (χ0) is 15.4. The van der Waals surface area contributed by atoms with Gasteiger partial charge in [0.2, 0.25) is 0 Å². The van der Waals surface area contributed by atoms with Crippen molar-refractivity contribution in [1.29, 1.82) is 0 Å². The highest BCUT2D eigenvalue weighted by molar-refractivity contribution is 9.10. The number of halogens is 2.